The summed E-state index contributed by atoms with van der Waals surface area (Å²) in [4.78, 5) is 12.5. The molecular formula is C15H18N2OS2. The Bertz CT molecular complexity index is 512. The first-order chi connectivity index (χ1) is 9.69. The van der Waals surface area contributed by atoms with Crippen molar-refractivity contribution in [3.63, 3.8) is 0 Å². The largest absolute Gasteiger partial charge is 0.399 e. The summed E-state index contributed by atoms with van der Waals surface area (Å²) >= 11 is 3.40. The van der Waals surface area contributed by atoms with Crippen molar-refractivity contribution in [3.8, 4) is 0 Å². The Morgan fingerprint density at radius 3 is 1.75 bits per heavy atom. The Morgan fingerprint density at radius 2 is 1.35 bits per heavy atom. The minimum atomic E-state index is 0.675. The molecule has 1 amide bonds. The first-order valence-electron chi connectivity index (χ1n) is 5.93. The van der Waals surface area contributed by atoms with E-state index in [1.54, 1.807) is 23.5 Å². The molecule has 3 nitrogen and oxygen atoms in total. The summed E-state index contributed by atoms with van der Waals surface area (Å²) in [7, 11) is 0. The highest BCUT2D eigenvalue weighted by atomic mass is 32.2. The molecule has 0 atom stereocenters. The summed E-state index contributed by atoms with van der Waals surface area (Å²) in [6.07, 6.45) is 4.74. The van der Waals surface area contributed by atoms with E-state index in [-0.39, 0.29) is 0 Å². The van der Waals surface area contributed by atoms with Crippen LogP contribution in [0, 0.1) is 0 Å². The molecule has 0 spiro atoms. The van der Waals surface area contributed by atoms with Gasteiger partial charge in [-0.05, 0) is 61.0 Å². The van der Waals surface area contributed by atoms with E-state index < -0.39 is 0 Å². The number of anilines is 2. The first kappa shape index (κ1) is 16.5. The maximum atomic E-state index is 10.0. The SMILES string of the molecule is CSc1ccc(N)cc1.CSc1ccc(NC=O)cc1. The van der Waals surface area contributed by atoms with Crippen molar-refractivity contribution in [1.29, 1.82) is 0 Å². The minimum absolute atomic E-state index is 0.675. The van der Waals surface area contributed by atoms with Gasteiger partial charge in [0.15, 0.2) is 0 Å². The molecular weight excluding hydrogens is 288 g/mol. The molecule has 0 saturated heterocycles. The van der Waals surface area contributed by atoms with Gasteiger partial charge in [-0.25, -0.2) is 0 Å². The van der Waals surface area contributed by atoms with Gasteiger partial charge in [-0.15, -0.1) is 23.5 Å². The number of thioether (sulfide) groups is 2. The molecule has 0 saturated carbocycles. The second-order valence-corrected chi connectivity index (χ2v) is 5.52. The molecule has 0 unspecified atom stereocenters. The molecule has 106 valence electrons. The minimum Gasteiger partial charge on any atom is -0.399 e. The van der Waals surface area contributed by atoms with Crippen LogP contribution in [0.15, 0.2) is 58.3 Å². The lowest BCUT2D eigenvalue weighted by molar-refractivity contribution is -0.105. The highest BCUT2D eigenvalue weighted by Gasteiger charge is 1.90. The number of nitrogen functional groups attached to an aromatic ring is 1. The molecule has 0 radical (unpaired) electrons. The van der Waals surface area contributed by atoms with Crippen LogP contribution < -0.4 is 11.1 Å². The number of amides is 1. The van der Waals surface area contributed by atoms with Crippen LogP contribution in [0.25, 0.3) is 0 Å². The number of benzene rings is 2. The van der Waals surface area contributed by atoms with E-state index in [4.69, 9.17) is 5.73 Å². The zero-order chi connectivity index (χ0) is 14.8. The number of carbonyl (C=O) groups is 1. The first-order valence-corrected chi connectivity index (χ1v) is 8.38. The van der Waals surface area contributed by atoms with Crippen LogP contribution >= 0.6 is 23.5 Å². The monoisotopic (exact) mass is 306 g/mol. The van der Waals surface area contributed by atoms with Crippen molar-refractivity contribution in [3.05, 3.63) is 48.5 Å². The summed E-state index contributed by atoms with van der Waals surface area (Å²) in [6.45, 7) is 0. The molecule has 0 aliphatic rings. The molecule has 0 heterocycles. The summed E-state index contributed by atoms with van der Waals surface area (Å²) in [5.74, 6) is 0. The zero-order valence-electron chi connectivity index (χ0n) is 11.5. The van der Waals surface area contributed by atoms with Gasteiger partial charge in [-0.1, -0.05) is 0 Å². The molecule has 0 aliphatic heterocycles. The number of nitrogens with one attached hydrogen (secondary N) is 1. The third kappa shape index (κ3) is 6.04. The fourth-order valence-electron chi connectivity index (χ4n) is 1.36. The van der Waals surface area contributed by atoms with E-state index >= 15 is 0 Å². The molecule has 5 heteroatoms. The van der Waals surface area contributed by atoms with Crippen molar-refractivity contribution >= 4 is 41.3 Å². The lowest BCUT2D eigenvalue weighted by atomic mass is 10.3. The molecule has 20 heavy (non-hydrogen) atoms. The van der Waals surface area contributed by atoms with Crippen molar-refractivity contribution in [2.75, 3.05) is 23.6 Å². The highest BCUT2D eigenvalue weighted by Crippen LogP contribution is 2.16. The lowest BCUT2D eigenvalue weighted by Crippen LogP contribution is -1.92. The Balaban J connectivity index is 0.000000204. The predicted octanol–water partition coefficient (Wildman–Crippen LogP) is 3.97. The fourth-order valence-corrected chi connectivity index (χ4v) is 2.18. The average Bonchev–Trinajstić information content (AvgIpc) is 2.50. The van der Waals surface area contributed by atoms with Crippen molar-refractivity contribution in [2.45, 2.75) is 9.79 Å². The normalized spacial score (nSPS) is 9.30. The van der Waals surface area contributed by atoms with Crippen LogP contribution in [-0.2, 0) is 4.79 Å². The van der Waals surface area contributed by atoms with Gasteiger partial charge >= 0.3 is 0 Å². The van der Waals surface area contributed by atoms with E-state index in [1.807, 2.05) is 61.0 Å². The number of nitrogens with two attached hydrogens (primary N) is 1. The van der Waals surface area contributed by atoms with E-state index in [0.717, 1.165) is 11.4 Å². The van der Waals surface area contributed by atoms with Gasteiger partial charge in [0, 0.05) is 21.2 Å². The van der Waals surface area contributed by atoms with Crippen LogP contribution in [0.2, 0.25) is 0 Å². The standard InChI is InChI=1S/C8H9NOS.C7H9NS/c1-11-8-4-2-7(3-5-8)9-6-10;1-9-7-4-2-6(8)3-5-7/h2-6H,1H3,(H,9,10);2-5H,8H2,1H3. The Hall–Kier alpha value is -1.59. The molecule has 0 aromatic heterocycles. The van der Waals surface area contributed by atoms with E-state index in [9.17, 15) is 4.79 Å². The molecule has 2 aromatic carbocycles. The highest BCUT2D eigenvalue weighted by molar-refractivity contribution is 7.98. The van der Waals surface area contributed by atoms with Gasteiger partial charge in [-0.3, -0.25) is 4.79 Å². The van der Waals surface area contributed by atoms with Gasteiger partial charge in [0.2, 0.25) is 6.41 Å². The number of hydrogen-bond donors (Lipinski definition) is 2. The molecule has 0 bridgehead atoms. The third-order valence-corrected chi connectivity index (χ3v) is 3.92. The maximum absolute atomic E-state index is 10.0. The predicted molar refractivity (Wildman–Crippen MR) is 90.5 cm³/mol. The Morgan fingerprint density at radius 1 is 0.900 bits per heavy atom. The lowest BCUT2D eigenvalue weighted by Gasteiger charge is -1.98. The summed E-state index contributed by atoms with van der Waals surface area (Å²) in [5, 5.41) is 2.57. The van der Waals surface area contributed by atoms with Gasteiger partial charge in [-0.2, -0.15) is 0 Å². The van der Waals surface area contributed by atoms with Crippen LogP contribution in [-0.4, -0.2) is 18.9 Å². The number of hydrogen-bond acceptors (Lipinski definition) is 4. The molecule has 3 N–H and O–H groups in total. The van der Waals surface area contributed by atoms with Crippen LogP contribution in [0.1, 0.15) is 0 Å². The van der Waals surface area contributed by atoms with E-state index in [1.165, 1.54) is 9.79 Å². The molecule has 2 rings (SSSR count). The number of rotatable bonds is 4. The van der Waals surface area contributed by atoms with Gasteiger partial charge in [0.25, 0.3) is 0 Å². The van der Waals surface area contributed by atoms with E-state index in [0.29, 0.717) is 6.41 Å². The second kappa shape index (κ2) is 9.34. The smallest absolute Gasteiger partial charge is 0.211 e. The van der Waals surface area contributed by atoms with Crippen molar-refractivity contribution in [2.24, 2.45) is 0 Å². The van der Waals surface area contributed by atoms with E-state index in [2.05, 4.69) is 5.32 Å². The fraction of sp³-hybridized carbons (Fsp3) is 0.133. The summed E-state index contributed by atoms with van der Waals surface area (Å²) in [6, 6.07) is 15.5. The quantitative estimate of drug-likeness (QED) is 0.510. The van der Waals surface area contributed by atoms with Crippen LogP contribution in [0.3, 0.4) is 0 Å². The molecule has 2 aromatic rings. The van der Waals surface area contributed by atoms with Gasteiger partial charge in [0.05, 0.1) is 0 Å². The topological polar surface area (TPSA) is 55.1 Å². The summed E-state index contributed by atoms with van der Waals surface area (Å²) in [5.41, 5.74) is 7.13. The maximum Gasteiger partial charge on any atom is 0.211 e. The Kier molecular flexibility index (Phi) is 7.69. The Labute approximate surface area is 128 Å². The van der Waals surface area contributed by atoms with Crippen molar-refractivity contribution in [1.82, 2.24) is 0 Å². The van der Waals surface area contributed by atoms with Gasteiger partial charge < -0.3 is 11.1 Å². The van der Waals surface area contributed by atoms with Crippen LogP contribution in [0.4, 0.5) is 11.4 Å². The summed E-state index contributed by atoms with van der Waals surface area (Å²) < 4.78 is 0. The van der Waals surface area contributed by atoms with Gasteiger partial charge in [0.1, 0.15) is 0 Å². The van der Waals surface area contributed by atoms with Crippen molar-refractivity contribution < 1.29 is 4.79 Å². The number of carbonyl (C=O) groups excluding carboxylic acids is 1. The second-order valence-electron chi connectivity index (χ2n) is 3.76. The van der Waals surface area contributed by atoms with Crippen LogP contribution in [0.5, 0.6) is 0 Å². The molecule has 0 aliphatic carbocycles. The molecule has 0 fully saturated rings. The average molecular weight is 306 g/mol. The third-order valence-electron chi connectivity index (χ3n) is 2.43. The zero-order valence-corrected chi connectivity index (χ0v) is 13.1.